The summed E-state index contributed by atoms with van der Waals surface area (Å²) in [5.74, 6) is 0.253. The van der Waals surface area contributed by atoms with Crippen LogP contribution in [0.15, 0.2) is 23.2 Å². The molecular weight excluding hydrogens is 292 g/mol. The van der Waals surface area contributed by atoms with Gasteiger partial charge >= 0.3 is 0 Å². The van der Waals surface area contributed by atoms with Crippen LogP contribution in [0.3, 0.4) is 0 Å². The molecule has 8 heteroatoms. The Kier molecular flexibility index (Phi) is 3.91. The van der Waals surface area contributed by atoms with Gasteiger partial charge < -0.3 is 4.74 Å². The number of aromatic nitrogens is 3. The van der Waals surface area contributed by atoms with Gasteiger partial charge in [0.25, 0.3) is 10.0 Å². The van der Waals surface area contributed by atoms with Crippen molar-refractivity contribution in [3.05, 3.63) is 29.7 Å². The number of anilines is 1. The second-order valence-corrected chi connectivity index (χ2v) is 6.53. The summed E-state index contributed by atoms with van der Waals surface area (Å²) in [7, 11) is 0.903. The van der Waals surface area contributed by atoms with Crippen LogP contribution < -0.4 is 9.04 Å². The Morgan fingerprint density at radius 3 is 2.52 bits per heavy atom. The van der Waals surface area contributed by atoms with Gasteiger partial charge in [0.05, 0.1) is 18.5 Å². The third-order valence-electron chi connectivity index (χ3n) is 3.34. The molecule has 0 radical (unpaired) electrons. The molecule has 21 heavy (non-hydrogen) atoms. The second kappa shape index (κ2) is 5.36. The number of ether oxygens (including phenoxy) is 1. The van der Waals surface area contributed by atoms with Crippen molar-refractivity contribution in [1.82, 2.24) is 14.8 Å². The van der Waals surface area contributed by atoms with Gasteiger partial charge in [-0.1, -0.05) is 0 Å². The molecule has 0 amide bonds. The normalized spacial score (nSPS) is 11.5. The van der Waals surface area contributed by atoms with E-state index in [-0.39, 0.29) is 10.8 Å². The molecule has 2 aromatic rings. The zero-order valence-electron chi connectivity index (χ0n) is 12.7. The Balaban J connectivity index is 2.58. The highest BCUT2D eigenvalue weighted by Gasteiger charge is 2.30. The van der Waals surface area contributed by atoms with Crippen molar-refractivity contribution in [2.45, 2.75) is 18.7 Å². The largest absolute Gasteiger partial charge is 0.479 e. The Bertz CT molecular complexity index is 768. The number of nitrogens with zero attached hydrogens (tertiary/aromatic N) is 4. The van der Waals surface area contributed by atoms with E-state index in [1.165, 1.54) is 14.2 Å². The summed E-state index contributed by atoms with van der Waals surface area (Å²) >= 11 is 0. The second-order valence-electron chi connectivity index (χ2n) is 4.63. The highest BCUT2D eigenvalue weighted by Crippen LogP contribution is 2.31. The average molecular weight is 310 g/mol. The van der Waals surface area contributed by atoms with E-state index >= 15 is 0 Å². The predicted molar refractivity (Wildman–Crippen MR) is 79.1 cm³/mol. The van der Waals surface area contributed by atoms with Gasteiger partial charge in [-0.15, -0.1) is 0 Å². The van der Waals surface area contributed by atoms with Crippen molar-refractivity contribution in [3.63, 3.8) is 0 Å². The van der Waals surface area contributed by atoms with Gasteiger partial charge in [-0.2, -0.15) is 5.10 Å². The first kappa shape index (κ1) is 15.3. The maximum atomic E-state index is 12.8. The standard InChI is InChI=1S/C13H18N4O3S/c1-9-12(10(2)16(3)15-9)21(18,19)17(4)11-7-6-8-14-13(11)20-5/h6-8H,1-5H3. The first-order valence-electron chi connectivity index (χ1n) is 6.28. The van der Waals surface area contributed by atoms with Crippen molar-refractivity contribution in [1.29, 1.82) is 0 Å². The van der Waals surface area contributed by atoms with Crippen molar-refractivity contribution in [2.24, 2.45) is 7.05 Å². The van der Waals surface area contributed by atoms with Crippen LogP contribution in [-0.4, -0.2) is 37.3 Å². The molecule has 0 atom stereocenters. The minimum atomic E-state index is -3.74. The number of rotatable bonds is 4. The lowest BCUT2D eigenvalue weighted by Gasteiger charge is -2.20. The molecule has 0 aliphatic rings. The lowest BCUT2D eigenvalue weighted by molar-refractivity contribution is 0.399. The third-order valence-corrected chi connectivity index (χ3v) is 5.37. The van der Waals surface area contributed by atoms with Gasteiger partial charge in [0.1, 0.15) is 10.6 Å². The zero-order chi connectivity index (χ0) is 15.8. The lowest BCUT2D eigenvalue weighted by Crippen LogP contribution is -2.28. The van der Waals surface area contributed by atoms with Gasteiger partial charge in [-0.3, -0.25) is 8.99 Å². The van der Waals surface area contributed by atoms with Crippen molar-refractivity contribution in [2.75, 3.05) is 18.5 Å². The summed E-state index contributed by atoms with van der Waals surface area (Å²) in [5, 5.41) is 4.16. The molecule has 0 spiro atoms. The number of pyridine rings is 1. The Morgan fingerprint density at radius 2 is 2.00 bits per heavy atom. The molecule has 0 aliphatic carbocycles. The molecule has 0 bridgehead atoms. The van der Waals surface area contributed by atoms with E-state index in [2.05, 4.69) is 10.1 Å². The minimum absolute atomic E-state index is 0.207. The van der Waals surface area contributed by atoms with E-state index < -0.39 is 10.0 Å². The SMILES string of the molecule is COc1ncccc1N(C)S(=O)(=O)c1c(C)nn(C)c1C. The molecule has 114 valence electrons. The summed E-state index contributed by atoms with van der Waals surface area (Å²) in [6, 6.07) is 3.30. The van der Waals surface area contributed by atoms with Gasteiger partial charge in [0, 0.05) is 20.3 Å². The van der Waals surface area contributed by atoms with Crippen molar-refractivity contribution >= 4 is 15.7 Å². The molecule has 0 unspecified atom stereocenters. The molecule has 2 heterocycles. The number of hydrogen-bond donors (Lipinski definition) is 0. The Hall–Kier alpha value is -2.09. The van der Waals surface area contributed by atoms with Gasteiger partial charge in [0.15, 0.2) is 0 Å². The quantitative estimate of drug-likeness (QED) is 0.850. The summed E-state index contributed by atoms with van der Waals surface area (Å²) in [6.07, 6.45) is 1.55. The van der Waals surface area contributed by atoms with E-state index in [0.29, 0.717) is 17.1 Å². The molecule has 7 nitrogen and oxygen atoms in total. The van der Waals surface area contributed by atoms with Gasteiger partial charge in [-0.05, 0) is 26.0 Å². The maximum Gasteiger partial charge on any atom is 0.267 e. The fraction of sp³-hybridized carbons (Fsp3) is 0.385. The molecule has 0 saturated carbocycles. The van der Waals surface area contributed by atoms with Crippen molar-refractivity contribution < 1.29 is 13.2 Å². The van der Waals surface area contributed by atoms with Gasteiger partial charge in [0.2, 0.25) is 5.88 Å². The first-order valence-corrected chi connectivity index (χ1v) is 7.72. The van der Waals surface area contributed by atoms with Crippen LogP contribution in [0.25, 0.3) is 0 Å². The van der Waals surface area contributed by atoms with Crippen molar-refractivity contribution in [3.8, 4) is 5.88 Å². The number of sulfonamides is 1. The van der Waals surface area contributed by atoms with Crippen LogP contribution in [0, 0.1) is 13.8 Å². The minimum Gasteiger partial charge on any atom is -0.479 e. The molecule has 0 aromatic carbocycles. The predicted octanol–water partition coefficient (Wildman–Crippen LogP) is 1.27. The Morgan fingerprint density at radius 1 is 1.33 bits per heavy atom. The molecule has 0 fully saturated rings. The molecule has 0 aliphatic heterocycles. The summed E-state index contributed by atoms with van der Waals surface area (Å²) in [5.41, 5.74) is 1.43. The van der Waals surface area contributed by atoms with Crippen LogP contribution in [0.1, 0.15) is 11.4 Å². The molecule has 2 rings (SSSR count). The summed E-state index contributed by atoms with van der Waals surface area (Å²) < 4.78 is 33.5. The first-order chi connectivity index (χ1) is 9.80. The monoisotopic (exact) mass is 310 g/mol. The summed E-state index contributed by atoms with van der Waals surface area (Å²) in [6.45, 7) is 3.40. The fourth-order valence-electron chi connectivity index (χ4n) is 2.17. The molecule has 0 saturated heterocycles. The Labute approximate surface area is 124 Å². The third kappa shape index (κ3) is 2.46. The number of hydrogen-bond acceptors (Lipinski definition) is 5. The number of methoxy groups -OCH3 is 1. The van der Waals surface area contributed by atoms with Crippen LogP contribution in [-0.2, 0) is 17.1 Å². The van der Waals surface area contributed by atoms with E-state index in [1.54, 1.807) is 43.9 Å². The van der Waals surface area contributed by atoms with E-state index in [1.807, 2.05) is 0 Å². The van der Waals surface area contributed by atoms with E-state index in [0.717, 1.165) is 4.31 Å². The smallest absolute Gasteiger partial charge is 0.267 e. The number of aryl methyl sites for hydroxylation is 2. The summed E-state index contributed by atoms with van der Waals surface area (Å²) in [4.78, 5) is 4.23. The highest BCUT2D eigenvalue weighted by molar-refractivity contribution is 7.92. The van der Waals surface area contributed by atoms with Crippen LogP contribution in [0.4, 0.5) is 5.69 Å². The highest BCUT2D eigenvalue weighted by atomic mass is 32.2. The van der Waals surface area contributed by atoms with E-state index in [9.17, 15) is 8.42 Å². The lowest BCUT2D eigenvalue weighted by atomic mass is 10.4. The maximum absolute atomic E-state index is 12.8. The molecular formula is C13H18N4O3S. The zero-order valence-corrected chi connectivity index (χ0v) is 13.5. The topological polar surface area (TPSA) is 77.3 Å². The van der Waals surface area contributed by atoms with Crippen LogP contribution in [0.2, 0.25) is 0 Å². The average Bonchev–Trinajstić information content (AvgIpc) is 2.71. The van der Waals surface area contributed by atoms with Gasteiger partial charge in [-0.25, -0.2) is 13.4 Å². The molecule has 0 N–H and O–H groups in total. The van der Waals surface area contributed by atoms with E-state index in [4.69, 9.17) is 4.74 Å². The van der Waals surface area contributed by atoms with Crippen LogP contribution >= 0.6 is 0 Å². The fourth-order valence-corrected chi connectivity index (χ4v) is 3.76. The molecule has 2 aromatic heterocycles. The van der Waals surface area contributed by atoms with Crippen LogP contribution in [0.5, 0.6) is 5.88 Å².